The molecule has 6 heteroatoms. The van der Waals surface area contributed by atoms with E-state index in [1.165, 1.54) is 148 Å². The first-order chi connectivity index (χ1) is 35.5. The summed E-state index contributed by atoms with van der Waals surface area (Å²) in [5.74, 6) is -0.892. The highest BCUT2D eigenvalue weighted by atomic mass is 16.6. The average molecular weight is 1000 g/mol. The summed E-state index contributed by atoms with van der Waals surface area (Å²) in [7, 11) is 0. The molecule has 414 valence electrons. The quantitative estimate of drug-likeness (QED) is 0.0261. The lowest BCUT2D eigenvalue weighted by molar-refractivity contribution is -0.167. The van der Waals surface area contributed by atoms with Crippen molar-refractivity contribution in [2.24, 2.45) is 0 Å². The van der Waals surface area contributed by atoms with Gasteiger partial charge in [-0.25, -0.2) is 0 Å². The summed E-state index contributed by atoms with van der Waals surface area (Å²) in [6.45, 7) is 6.47. The summed E-state index contributed by atoms with van der Waals surface area (Å²) < 4.78 is 16.9. The van der Waals surface area contributed by atoms with E-state index in [1.54, 1.807) is 0 Å². The Morgan fingerprint density at radius 1 is 0.292 bits per heavy atom. The third-order valence-electron chi connectivity index (χ3n) is 13.1. The molecule has 72 heavy (non-hydrogen) atoms. The Hall–Kier alpha value is -3.41. The highest BCUT2D eigenvalue weighted by Crippen LogP contribution is 2.16. The molecule has 0 aromatic heterocycles. The molecular formula is C66H114O6. The molecule has 0 N–H and O–H groups in total. The summed E-state index contributed by atoms with van der Waals surface area (Å²) in [6, 6.07) is 0. The first-order valence-corrected chi connectivity index (χ1v) is 30.6. The van der Waals surface area contributed by atoms with Crippen LogP contribution in [-0.4, -0.2) is 37.2 Å². The second-order valence-electron chi connectivity index (χ2n) is 20.2. The molecule has 0 aliphatic rings. The van der Waals surface area contributed by atoms with Crippen LogP contribution in [0.25, 0.3) is 0 Å². The topological polar surface area (TPSA) is 78.9 Å². The van der Waals surface area contributed by atoms with Gasteiger partial charge in [-0.3, -0.25) is 14.4 Å². The van der Waals surface area contributed by atoms with Gasteiger partial charge < -0.3 is 14.2 Å². The summed E-state index contributed by atoms with van der Waals surface area (Å²) in [6.07, 6.45) is 78.7. The first-order valence-electron chi connectivity index (χ1n) is 30.6. The summed E-state index contributed by atoms with van der Waals surface area (Å²) in [4.78, 5) is 38.2. The zero-order valence-electron chi connectivity index (χ0n) is 47.4. The number of rotatable bonds is 55. The SMILES string of the molecule is CC/C=C\C/C=C\C/C=C\C/C=C\C/C=C\CCCCCCCCCCCC(=O)OCC(COC(=O)CCCCCCC/C=C\CCC)OC(=O)CCCCCCCCCCC/C=C\CCCCCCCC. The maximum atomic E-state index is 12.9. The van der Waals surface area contributed by atoms with E-state index in [0.29, 0.717) is 19.3 Å². The van der Waals surface area contributed by atoms with E-state index in [1.807, 2.05) is 0 Å². The molecule has 0 aliphatic heterocycles. The van der Waals surface area contributed by atoms with E-state index in [9.17, 15) is 14.4 Å². The van der Waals surface area contributed by atoms with E-state index in [2.05, 4.69) is 106 Å². The van der Waals surface area contributed by atoms with Gasteiger partial charge in [-0.15, -0.1) is 0 Å². The number of esters is 3. The van der Waals surface area contributed by atoms with Crippen LogP contribution >= 0.6 is 0 Å². The number of hydrogen-bond donors (Lipinski definition) is 0. The van der Waals surface area contributed by atoms with Crippen LogP contribution < -0.4 is 0 Å². The van der Waals surface area contributed by atoms with Crippen molar-refractivity contribution >= 4 is 17.9 Å². The lowest BCUT2D eigenvalue weighted by Gasteiger charge is -2.18. The van der Waals surface area contributed by atoms with Crippen molar-refractivity contribution in [3.05, 3.63) is 85.1 Å². The molecule has 0 saturated carbocycles. The van der Waals surface area contributed by atoms with Crippen LogP contribution in [0, 0.1) is 0 Å². The number of carbonyl (C=O) groups excluding carboxylic acids is 3. The van der Waals surface area contributed by atoms with E-state index in [-0.39, 0.29) is 31.1 Å². The molecule has 1 unspecified atom stereocenters. The molecule has 0 aliphatic carbocycles. The van der Waals surface area contributed by atoms with Crippen molar-refractivity contribution in [2.45, 2.75) is 303 Å². The van der Waals surface area contributed by atoms with Gasteiger partial charge in [-0.1, -0.05) is 254 Å². The minimum Gasteiger partial charge on any atom is -0.462 e. The zero-order valence-corrected chi connectivity index (χ0v) is 47.4. The van der Waals surface area contributed by atoms with Crippen LogP contribution in [0.1, 0.15) is 297 Å². The number of carbonyl (C=O) groups is 3. The molecule has 6 nitrogen and oxygen atoms in total. The van der Waals surface area contributed by atoms with Crippen LogP contribution in [0.2, 0.25) is 0 Å². The standard InChI is InChI=1S/C66H114O6/c1-4-7-10-13-16-19-22-24-26-28-30-31-32-33-34-35-37-38-40-42-44-47-50-53-56-59-65(68)71-62-63(61-70-64(67)58-55-52-49-46-21-18-15-12-9-6-3)72-66(69)60-57-54-51-48-45-43-41-39-36-29-27-25-23-20-17-14-11-8-5-2/h7,10,12,15-16,19,24-27,30-31,33-34,63H,4-6,8-9,11,13-14,17-18,20-23,28-29,32,35-62H2,1-3H3/b10-7-,15-12-,19-16-,26-24-,27-25-,31-30-,34-33-. The Kier molecular flexibility index (Phi) is 57.3. The smallest absolute Gasteiger partial charge is 0.306 e. The van der Waals surface area contributed by atoms with Crippen molar-refractivity contribution in [1.82, 2.24) is 0 Å². The maximum absolute atomic E-state index is 12.9. The van der Waals surface area contributed by atoms with Gasteiger partial charge in [0.2, 0.25) is 0 Å². The highest BCUT2D eigenvalue weighted by Gasteiger charge is 2.19. The zero-order chi connectivity index (χ0) is 52.2. The predicted molar refractivity (Wildman–Crippen MR) is 311 cm³/mol. The molecule has 0 spiro atoms. The third kappa shape index (κ3) is 57.5. The third-order valence-corrected chi connectivity index (χ3v) is 13.1. The number of unbranched alkanes of at least 4 members (excludes halogenated alkanes) is 30. The van der Waals surface area contributed by atoms with Gasteiger partial charge >= 0.3 is 17.9 Å². The molecule has 0 aromatic rings. The van der Waals surface area contributed by atoms with Crippen molar-refractivity contribution in [3.8, 4) is 0 Å². The lowest BCUT2D eigenvalue weighted by Crippen LogP contribution is -2.30. The second-order valence-corrected chi connectivity index (χ2v) is 20.2. The normalized spacial score (nSPS) is 12.7. The molecule has 0 radical (unpaired) electrons. The number of ether oxygens (including phenoxy) is 3. The largest absolute Gasteiger partial charge is 0.462 e. The van der Waals surface area contributed by atoms with Gasteiger partial charge in [-0.2, -0.15) is 0 Å². The lowest BCUT2D eigenvalue weighted by atomic mass is 10.1. The van der Waals surface area contributed by atoms with Crippen LogP contribution in [0.3, 0.4) is 0 Å². The van der Waals surface area contributed by atoms with Gasteiger partial charge in [0.25, 0.3) is 0 Å². The molecule has 0 fully saturated rings. The average Bonchev–Trinajstić information content (AvgIpc) is 3.38. The van der Waals surface area contributed by atoms with Crippen molar-refractivity contribution < 1.29 is 28.6 Å². The molecule has 1 atom stereocenters. The van der Waals surface area contributed by atoms with E-state index in [4.69, 9.17) is 14.2 Å². The fourth-order valence-corrected chi connectivity index (χ4v) is 8.53. The Labute approximate surface area is 445 Å². The molecule has 0 amide bonds. The Morgan fingerprint density at radius 3 is 0.917 bits per heavy atom. The molecule has 0 bridgehead atoms. The monoisotopic (exact) mass is 1000 g/mol. The van der Waals surface area contributed by atoms with Crippen LogP contribution in [0.15, 0.2) is 85.1 Å². The van der Waals surface area contributed by atoms with Crippen molar-refractivity contribution in [3.63, 3.8) is 0 Å². The number of hydrogen-bond acceptors (Lipinski definition) is 6. The molecule has 0 saturated heterocycles. The maximum Gasteiger partial charge on any atom is 0.306 e. The van der Waals surface area contributed by atoms with Crippen LogP contribution in [-0.2, 0) is 28.6 Å². The van der Waals surface area contributed by atoms with Crippen molar-refractivity contribution in [2.75, 3.05) is 13.2 Å². The van der Waals surface area contributed by atoms with E-state index < -0.39 is 6.10 Å². The van der Waals surface area contributed by atoms with Crippen molar-refractivity contribution in [1.29, 1.82) is 0 Å². The van der Waals surface area contributed by atoms with Crippen LogP contribution in [0.4, 0.5) is 0 Å². The Balaban J connectivity index is 4.27. The molecular weight excluding hydrogens is 889 g/mol. The predicted octanol–water partition coefficient (Wildman–Crippen LogP) is 20.7. The molecule has 0 heterocycles. The second kappa shape index (κ2) is 60.1. The van der Waals surface area contributed by atoms with Gasteiger partial charge in [-0.05, 0) is 109 Å². The highest BCUT2D eigenvalue weighted by molar-refractivity contribution is 5.71. The Bertz CT molecular complexity index is 1380. The van der Waals surface area contributed by atoms with Gasteiger partial charge in [0, 0.05) is 19.3 Å². The first kappa shape index (κ1) is 68.6. The van der Waals surface area contributed by atoms with E-state index >= 15 is 0 Å². The molecule has 0 rings (SSSR count). The van der Waals surface area contributed by atoms with Crippen LogP contribution in [0.5, 0.6) is 0 Å². The summed E-state index contributed by atoms with van der Waals surface area (Å²) in [5.41, 5.74) is 0. The minimum absolute atomic E-state index is 0.0822. The molecule has 0 aromatic carbocycles. The summed E-state index contributed by atoms with van der Waals surface area (Å²) in [5, 5.41) is 0. The fourth-order valence-electron chi connectivity index (χ4n) is 8.53. The van der Waals surface area contributed by atoms with E-state index in [0.717, 1.165) is 109 Å². The van der Waals surface area contributed by atoms with Gasteiger partial charge in [0.1, 0.15) is 13.2 Å². The summed E-state index contributed by atoms with van der Waals surface area (Å²) >= 11 is 0. The minimum atomic E-state index is -0.783. The Morgan fingerprint density at radius 2 is 0.569 bits per heavy atom. The number of allylic oxidation sites excluding steroid dienone is 14. The fraction of sp³-hybridized carbons (Fsp3) is 0.742. The van der Waals surface area contributed by atoms with Gasteiger partial charge in [0.15, 0.2) is 6.10 Å². The van der Waals surface area contributed by atoms with Gasteiger partial charge in [0.05, 0.1) is 0 Å².